The summed E-state index contributed by atoms with van der Waals surface area (Å²) in [4.78, 5) is 12.7. The Balaban J connectivity index is 0.930. The predicted molar refractivity (Wildman–Crippen MR) is 298 cm³/mol. The molecule has 0 radical (unpaired) electrons. The molecule has 0 saturated heterocycles. The molecule has 0 aliphatic carbocycles. The van der Waals surface area contributed by atoms with Gasteiger partial charge in [-0.15, -0.1) is 0 Å². The van der Waals surface area contributed by atoms with Crippen LogP contribution in [0.3, 0.4) is 0 Å². The number of pyridine rings is 1. The summed E-state index contributed by atoms with van der Waals surface area (Å²) >= 11 is 1.90. The minimum atomic E-state index is -2.84. The zero-order valence-corrected chi connectivity index (χ0v) is 41.5. The first kappa shape index (κ1) is 41.8. The number of rotatable bonds is 7. The molecule has 7 heteroatoms. The molecular formula is C64H48N4OSSi. The lowest BCUT2D eigenvalue weighted by Gasteiger charge is -2.38. The molecule has 0 bridgehead atoms. The molecule has 5 nitrogen and oxygen atoms in total. The molecule has 0 atom stereocenters. The number of hydrogen-bond acceptors (Lipinski definition) is 5. The van der Waals surface area contributed by atoms with E-state index < -0.39 is 8.07 Å². The van der Waals surface area contributed by atoms with E-state index in [0.29, 0.717) is 6.67 Å². The molecule has 340 valence electrons. The van der Waals surface area contributed by atoms with Gasteiger partial charge in [0.05, 0.1) is 28.1 Å². The first-order valence-electron chi connectivity index (χ1n) is 24.5. The van der Waals surface area contributed by atoms with Gasteiger partial charge in [-0.05, 0) is 104 Å². The van der Waals surface area contributed by atoms with E-state index in [2.05, 4.69) is 254 Å². The van der Waals surface area contributed by atoms with Crippen LogP contribution in [0.4, 0.5) is 22.7 Å². The summed E-state index contributed by atoms with van der Waals surface area (Å²) in [5, 5.41) is 8.32. The standard InChI is InChI=1S/C64H48N4OSSi/c1-64(2,3)44-35-36-65-60(37-44)68-52-29-18-34-58-61(52)62-53(68)39-47(40-59(62)71(58)56-32-14-12-30-54(56)70-55-31-13-15-33-57(55)71)69-46-24-16-23-45(38-46)66-41-67(51-28-11-10-27-50(51)66)63-48(42-19-6-4-7-20-42)25-17-26-49(63)43-21-8-5-9-22-43/h4-40H,41H2,1-3H3. The second-order valence-corrected chi connectivity index (χ2v) is 24.7. The van der Waals surface area contributed by atoms with E-state index in [-0.39, 0.29) is 5.41 Å². The number of ether oxygens (including phenoxy) is 1. The Hall–Kier alpha value is -8.10. The predicted octanol–water partition coefficient (Wildman–Crippen LogP) is 14.0. The number of benzene rings is 9. The Morgan fingerprint density at radius 3 is 1.77 bits per heavy atom. The third-order valence-electron chi connectivity index (χ3n) is 14.9. The molecule has 5 heterocycles. The van der Waals surface area contributed by atoms with Crippen LogP contribution < -0.4 is 35.3 Å². The zero-order valence-electron chi connectivity index (χ0n) is 39.7. The van der Waals surface area contributed by atoms with Crippen LogP contribution in [0.5, 0.6) is 11.5 Å². The highest BCUT2D eigenvalue weighted by molar-refractivity contribution is 8.00. The van der Waals surface area contributed by atoms with Gasteiger partial charge in [-0.3, -0.25) is 4.57 Å². The summed E-state index contributed by atoms with van der Waals surface area (Å²) in [6.45, 7) is 7.43. The van der Waals surface area contributed by atoms with Gasteiger partial charge in [0.25, 0.3) is 0 Å². The van der Waals surface area contributed by atoms with Crippen LogP contribution >= 0.6 is 11.8 Å². The highest BCUT2D eigenvalue weighted by Gasteiger charge is 2.53. The van der Waals surface area contributed by atoms with Crippen molar-refractivity contribution in [1.29, 1.82) is 0 Å². The summed E-state index contributed by atoms with van der Waals surface area (Å²) < 4.78 is 9.67. The lowest BCUT2D eigenvalue weighted by molar-refractivity contribution is 0.484. The molecule has 14 rings (SSSR count). The average Bonchev–Trinajstić information content (AvgIpc) is 4.10. The van der Waals surface area contributed by atoms with Gasteiger partial charge in [0, 0.05) is 55.7 Å². The third-order valence-corrected chi connectivity index (χ3v) is 21.3. The molecule has 0 saturated carbocycles. The van der Waals surface area contributed by atoms with Crippen LogP contribution in [0.15, 0.2) is 234 Å². The lowest BCUT2D eigenvalue weighted by atomic mass is 9.88. The minimum Gasteiger partial charge on any atom is -0.457 e. The molecule has 2 aromatic heterocycles. The van der Waals surface area contributed by atoms with E-state index >= 15 is 0 Å². The Bertz CT molecular complexity index is 3830. The second-order valence-electron chi connectivity index (χ2n) is 19.9. The van der Waals surface area contributed by atoms with Crippen molar-refractivity contribution in [2.24, 2.45) is 0 Å². The first-order chi connectivity index (χ1) is 34.8. The molecule has 3 aliphatic rings. The van der Waals surface area contributed by atoms with E-state index in [9.17, 15) is 0 Å². The Morgan fingerprint density at radius 2 is 1.08 bits per heavy atom. The van der Waals surface area contributed by atoms with Gasteiger partial charge in [0.2, 0.25) is 0 Å². The van der Waals surface area contributed by atoms with E-state index in [4.69, 9.17) is 9.72 Å². The normalized spacial score (nSPS) is 14.1. The topological polar surface area (TPSA) is 33.5 Å². The van der Waals surface area contributed by atoms with Crippen LogP contribution in [-0.4, -0.2) is 24.3 Å². The molecule has 9 aromatic carbocycles. The number of hydrogen-bond donors (Lipinski definition) is 0. The van der Waals surface area contributed by atoms with Gasteiger partial charge < -0.3 is 14.5 Å². The number of fused-ring (bicyclic) bond motifs is 7. The fourth-order valence-electron chi connectivity index (χ4n) is 11.8. The average molecular weight is 949 g/mol. The lowest BCUT2D eigenvalue weighted by Crippen LogP contribution is -2.75. The maximum atomic E-state index is 7.29. The van der Waals surface area contributed by atoms with Crippen molar-refractivity contribution in [3.05, 3.63) is 230 Å². The number of para-hydroxylation sites is 3. The Morgan fingerprint density at radius 1 is 0.493 bits per heavy atom. The van der Waals surface area contributed by atoms with Gasteiger partial charge in [-0.2, -0.15) is 0 Å². The maximum absolute atomic E-state index is 7.29. The van der Waals surface area contributed by atoms with Crippen LogP contribution in [0.2, 0.25) is 0 Å². The smallest absolute Gasteiger partial charge is 0.183 e. The Labute approximate surface area is 419 Å². The van der Waals surface area contributed by atoms with Crippen molar-refractivity contribution in [2.75, 3.05) is 16.5 Å². The van der Waals surface area contributed by atoms with Crippen LogP contribution in [-0.2, 0) is 5.41 Å². The summed E-state index contributed by atoms with van der Waals surface area (Å²) in [6.07, 6.45) is 1.97. The summed E-state index contributed by atoms with van der Waals surface area (Å²) in [7, 11) is -2.84. The Kier molecular flexibility index (Phi) is 9.41. The zero-order chi connectivity index (χ0) is 47.4. The molecule has 71 heavy (non-hydrogen) atoms. The molecule has 0 fully saturated rings. The summed E-state index contributed by atoms with van der Waals surface area (Å²) in [6, 6.07) is 80.0. The van der Waals surface area contributed by atoms with Gasteiger partial charge in [-0.25, -0.2) is 4.98 Å². The fourth-order valence-corrected chi connectivity index (χ4v) is 19.2. The molecule has 0 amide bonds. The SMILES string of the molecule is CC(C)(C)c1ccnc(-n2c3cccc4c3c3c(cc(Oc5cccc(N6CN(c7c(-c8ccccc8)cccc7-c7ccccc7)c7ccccc76)c5)cc32)[Si]42c3ccccc3Sc3ccccc32)c1. The molecule has 11 aromatic rings. The highest BCUT2D eigenvalue weighted by atomic mass is 32.2. The van der Waals surface area contributed by atoms with E-state index in [1.165, 1.54) is 80.3 Å². The van der Waals surface area contributed by atoms with Crippen molar-refractivity contribution >= 4 is 85.1 Å². The third kappa shape index (κ3) is 6.36. The largest absolute Gasteiger partial charge is 0.457 e. The van der Waals surface area contributed by atoms with Crippen molar-refractivity contribution < 1.29 is 4.74 Å². The fraction of sp³-hybridized carbons (Fsp3) is 0.0781. The molecule has 1 spiro atoms. The minimum absolute atomic E-state index is 0.0460. The molecule has 0 unspecified atom stereocenters. The summed E-state index contributed by atoms with van der Waals surface area (Å²) in [5.41, 5.74) is 12.8. The van der Waals surface area contributed by atoms with E-state index in [1.807, 2.05) is 18.0 Å². The van der Waals surface area contributed by atoms with Gasteiger partial charge >= 0.3 is 0 Å². The number of anilines is 4. The van der Waals surface area contributed by atoms with Crippen molar-refractivity contribution in [1.82, 2.24) is 9.55 Å². The number of nitrogens with zero attached hydrogens (tertiary/aromatic N) is 4. The van der Waals surface area contributed by atoms with Gasteiger partial charge in [0.15, 0.2) is 8.07 Å². The van der Waals surface area contributed by atoms with E-state index in [1.54, 1.807) is 0 Å². The second kappa shape index (κ2) is 16.0. The molecule has 0 N–H and O–H groups in total. The van der Waals surface area contributed by atoms with Gasteiger partial charge in [-0.1, -0.05) is 178 Å². The first-order valence-corrected chi connectivity index (χ1v) is 27.3. The maximum Gasteiger partial charge on any atom is 0.183 e. The molecular weight excluding hydrogens is 901 g/mol. The van der Waals surface area contributed by atoms with Crippen molar-refractivity contribution in [3.8, 4) is 39.6 Å². The van der Waals surface area contributed by atoms with Crippen LogP contribution in [0, 0.1) is 0 Å². The monoisotopic (exact) mass is 948 g/mol. The summed E-state index contributed by atoms with van der Waals surface area (Å²) in [5.74, 6) is 2.51. The number of aromatic nitrogens is 2. The van der Waals surface area contributed by atoms with Gasteiger partial charge in [0.1, 0.15) is 24.0 Å². The van der Waals surface area contributed by atoms with Crippen LogP contribution in [0.25, 0.3) is 49.9 Å². The quantitative estimate of drug-likeness (QED) is 0.149. The highest BCUT2D eigenvalue weighted by Crippen LogP contribution is 2.51. The van der Waals surface area contributed by atoms with E-state index in [0.717, 1.165) is 39.9 Å². The van der Waals surface area contributed by atoms with Crippen molar-refractivity contribution in [2.45, 2.75) is 36.0 Å². The van der Waals surface area contributed by atoms with Crippen LogP contribution in [0.1, 0.15) is 26.3 Å². The van der Waals surface area contributed by atoms with Crippen molar-refractivity contribution in [3.63, 3.8) is 0 Å². The molecule has 3 aliphatic heterocycles.